The fraction of sp³-hybridized carbons (Fsp3) is 0.192. The Balaban J connectivity index is 1.41. The molecule has 0 radical (unpaired) electrons. The van der Waals surface area contributed by atoms with Crippen LogP contribution >= 0.6 is 0 Å². The van der Waals surface area contributed by atoms with Crippen molar-refractivity contribution in [1.29, 1.82) is 0 Å². The second kappa shape index (κ2) is 9.16. The molecule has 4 rings (SSSR count). The molecule has 33 heavy (non-hydrogen) atoms. The Hall–Kier alpha value is -4.13. The molecule has 7 heteroatoms. The molecule has 7 nitrogen and oxygen atoms in total. The van der Waals surface area contributed by atoms with E-state index in [9.17, 15) is 14.4 Å². The quantitative estimate of drug-likeness (QED) is 0.543. The van der Waals surface area contributed by atoms with E-state index in [1.54, 1.807) is 32.2 Å². The summed E-state index contributed by atoms with van der Waals surface area (Å²) in [5.74, 6) is -0.267. The normalized spacial score (nSPS) is 17.6. The van der Waals surface area contributed by atoms with Crippen molar-refractivity contribution in [3.63, 3.8) is 0 Å². The first-order chi connectivity index (χ1) is 15.9. The lowest BCUT2D eigenvalue weighted by molar-refractivity contribution is -0.133. The number of nitrogens with one attached hydrogen (secondary N) is 2. The molecule has 0 saturated carbocycles. The van der Waals surface area contributed by atoms with E-state index >= 15 is 0 Å². The van der Waals surface area contributed by atoms with E-state index in [1.165, 1.54) is 0 Å². The van der Waals surface area contributed by atoms with Crippen molar-refractivity contribution in [2.75, 3.05) is 19.0 Å². The van der Waals surface area contributed by atoms with Gasteiger partial charge in [-0.1, -0.05) is 60.7 Å². The Bertz CT molecular complexity index is 1180. The molecular weight excluding hydrogens is 418 g/mol. The van der Waals surface area contributed by atoms with Crippen LogP contribution in [-0.4, -0.2) is 41.9 Å². The number of hydrogen-bond donors (Lipinski definition) is 2. The molecule has 0 aliphatic carbocycles. The third-order valence-electron chi connectivity index (χ3n) is 5.66. The van der Waals surface area contributed by atoms with Crippen LogP contribution in [0.4, 0.5) is 10.5 Å². The minimum absolute atomic E-state index is 0.251. The average Bonchev–Trinajstić information content (AvgIpc) is 3.03. The van der Waals surface area contributed by atoms with E-state index in [4.69, 9.17) is 4.74 Å². The topological polar surface area (TPSA) is 87.7 Å². The lowest BCUT2D eigenvalue weighted by Gasteiger charge is -2.22. The SMILES string of the molecule is COc1ccccc1C[C@]1(C)NC(=O)N(CC(=O)Nc2ccc(-c3ccccc3)cc2)C1=O. The van der Waals surface area contributed by atoms with E-state index in [2.05, 4.69) is 10.6 Å². The van der Waals surface area contributed by atoms with Crippen LogP contribution in [0.5, 0.6) is 5.75 Å². The third-order valence-corrected chi connectivity index (χ3v) is 5.66. The maximum absolute atomic E-state index is 13.1. The summed E-state index contributed by atoms with van der Waals surface area (Å²) >= 11 is 0. The first-order valence-corrected chi connectivity index (χ1v) is 10.6. The summed E-state index contributed by atoms with van der Waals surface area (Å²) in [6.45, 7) is 1.28. The monoisotopic (exact) mass is 443 g/mol. The summed E-state index contributed by atoms with van der Waals surface area (Å²) in [5, 5.41) is 5.48. The molecule has 0 unspecified atom stereocenters. The second-order valence-electron chi connectivity index (χ2n) is 8.13. The van der Waals surface area contributed by atoms with Gasteiger partial charge in [0, 0.05) is 12.1 Å². The van der Waals surface area contributed by atoms with Crippen molar-refractivity contribution in [3.05, 3.63) is 84.4 Å². The summed E-state index contributed by atoms with van der Waals surface area (Å²) in [5.41, 5.74) is 2.31. The number of anilines is 1. The van der Waals surface area contributed by atoms with Crippen LogP contribution in [0, 0.1) is 0 Å². The molecule has 1 saturated heterocycles. The molecule has 0 bridgehead atoms. The van der Waals surface area contributed by atoms with E-state index < -0.39 is 23.4 Å². The van der Waals surface area contributed by atoms with Crippen molar-refractivity contribution < 1.29 is 19.1 Å². The van der Waals surface area contributed by atoms with E-state index in [0.717, 1.165) is 21.6 Å². The maximum Gasteiger partial charge on any atom is 0.325 e. The zero-order valence-electron chi connectivity index (χ0n) is 18.5. The number of imide groups is 1. The summed E-state index contributed by atoms with van der Waals surface area (Å²) in [6.07, 6.45) is 0.251. The first-order valence-electron chi connectivity index (χ1n) is 10.6. The highest BCUT2D eigenvalue weighted by Crippen LogP contribution is 2.27. The summed E-state index contributed by atoms with van der Waals surface area (Å²) in [4.78, 5) is 39.1. The van der Waals surface area contributed by atoms with Gasteiger partial charge in [0.1, 0.15) is 17.8 Å². The van der Waals surface area contributed by atoms with Crippen molar-refractivity contribution in [3.8, 4) is 16.9 Å². The largest absolute Gasteiger partial charge is 0.496 e. The molecule has 1 atom stereocenters. The lowest BCUT2D eigenvalue weighted by atomic mass is 9.92. The highest BCUT2D eigenvalue weighted by Gasteiger charge is 2.48. The summed E-state index contributed by atoms with van der Waals surface area (Å²) < 4.78 is 5.36. The molecule has 1 fully saturated rings. The van der Waals surface area contributed by atoms with Crippen molar-refractivity contribution >= 4 is 23.5 Å². The van der Waals surface area contributed by atoms with Gasteiger partial charge in [-0.3, -0.25) is 14.5 Å². The predicted molar refractivity (Wildman–Crippen MR) is 126 cm³/mol. The Morgan fingerprint density at radius 2 is 1.58 bits per heavy atom. The van der Waals surface area contributed by atoms with Gasteiger partial charge in [-0.2, -0.15) is 0 Å². The number of methoxy groups -OCH3 is 1. The number of hydrogen-bond acceptors (Lipinski definition) is 4. The molecule has 1 aliphatic rings. The van der Waals surface area contributed by atoms with Gasteiger partial charge in [-0.25, -0.2) is 4.79 Å². The van der Waals surface area contributed by atoms with Crippen LogP contribution in [0.2, 0.25) is 0 Å². The number of carbonyl (C=O) groups excluding carboxylic acids is 3. The summed E-state index contributed by atoms with van der Waals surface area (Å²) in [7, 11) is 1.55. The van der Waals surface area contributed by atoms with Crippen molar-refractivity contribution in [2.45, 2.75) is 18.9 Å². The Morgan fingerprint density at radius 3 is 2.27 bits per heavy atom. The van der Waals surface area contributed by atoms with E-state index in [1.807, 2.05) is 60.7 Å². The number of urea groups is 1. The number of benzene rings is 3. The molecular formula is C26H25N3O4. The smallest absolute Gasteiger partial charge is 0.325 e. The zero-order valence-corrected chi connectivity index (χ0v) is 18.5. The van der Waals surface area contributed by atoms with Crippen molar-refractivity contribution in [1.82, 2.24) is 10.2 Å². The van der Waals surface area contributed by atoms with E-state index in [-0.39, 0.29) is 13.0 Å². The standard InChI is InChI=1S/C26H25N3O4/c1-26(16-20-10-6-7-11-22(20)33-2)24(31)29(25(32)28-26)17-23(30)27-21-14-12-19(13-15-21)18-8-4-3-5-9-18/h3-15H,16-17H2,1-2H3,(H,27,30)(H,28,32)/t26-/m0/s1. The van der Waals surface area contributed by atoms with Crippen LogP contribution in [0.1, 0.15) is 12.5 Å². The van der Waals surface area contributed by atoms with Gasteiger partial charge in [0.25, 0.3) is 5.91 Å². The van der Waals surface area contributed by atoms with Gasteiger partial charge in [0.2, 0.25) is 5.91 Å². The number of ether oxygens (including phenoxy) is 1. The Kier molecular flexibility index (Phi) is 6.13. The van der Waals surface area contributed by atoms with Gasteiger partial charge in [-0.15, -0.1) is 0 Å². The molecule has 3 aromatic carbocycles. The molecule has 3 aromatic rings. The van der Waals surface area contributed by atoms with Crippen LogP contribution in [0.25, 0.3) is 11.1 Å². The van der Waals surface area contributed by atoms with Gasteiger partial charge >= 0.3 is 6.03 Å². The number of amides is 4. The molecule has 2 N–H and O–H groups in total. The number of rotatable bonds is 7. The highest BCUT2D eigenvalue weighted by molar-refractivity contribution is 6.10. The number of para-hydroxylation sites is 1. The fourth-order valence-corrected chi connectivity index (χ4v) is 3.96. The number of nitrogens with zero attached hydrogens (tertiary/aromatic N) is 1. The Labute approximate surface area is 192 Å². The predicted octanol–water partition coefficient (Wildman–Crippen LogP) is 3.85. The van der Waals surface area contributed by atoms with Gasteiger partial charge < -0.3 is 15.4 Å². The minimum Gasteiger partial charge on any atom is -0.496 e. The van der Waals surface area contributed by atoms with Gasteiger partial charge in [0.15, 0.2) is 0 Å². The molecule has 0 spiro atoms. The zero-order chi connectivity index (χ0) is 23.4. The average molecular weight is 444 g/mol. The highest BCUT2D eigenvalue weighted by atomic mass is 16.5. The van der Waals surface area contributed by atoms with Gasteiger partial charge in [0.05, 0.1) is 7.11 Å². The van der Waals surface area contributed by atoms with Crippen molar-refractivity contribution in [2.24, 2.45) is 0 Å². The Morgan fingerprint density at radius 1 is 0.939 bits per heavy atom. The van der Waals surface area contributed by atoms with Crippen LogP contribution < -0.4 is 15.4 Å². The van der Waals surface area contributed by atoms with E-state index in [0.29, 0.717) is 11.4 Å². The lowest BCUT2D eigenvalue weighted by Crippen LogP contribution is -2.46. The minimum atomic E-state index is -1.16. The van der Waals surface area contributed by atoms with Crippen LogP contribution in [0.15, 0.2) is 78.9 Å². The third kappa shape index (κ3) is 4.72. The molecule has 1 heterocycles. The molecule has 1 aliphatic heterocycles. The fourth-order valence-electron chi connectivity index (χ4n) is 3.96. The maximum atomic E-state index is 13.1. The van der Waals surface area contributed by atoms with Crippen LogP contribution in [0.3, 0.4) is 0 Å². The number of carbonyl (C=O) groups is 3. The first kappa shape index (κ1) is 22.1. The molecule has 4 amide bonds. The second-order valence-corrected chi connectivity index (χ2v) is 8.13. The molecule has 0 aromatic heterocycles. The van der Waals surface area contributed by atoms with Crippen LogP contribution in [-0.2, 0) is 16.0 Å². The summed E-state index contributed by atoms with van der Waals surface area (Å²) in [6, 6.07) is 24.0. The molecule has 168 valence electrons. The van der Waals surface area contributed by atoms with Gasteiger partial charge in [-0.05, 0) is 41.8 Å².